The first kappa shape index (κ1) is 15.7. The Morgan fingerprint density at radius 3 is 2.43 bits per heavy atom. The van der Waals surface area contributed by atoms with Crippen molar-refractivity contribution in [3.8, 4) is 6.07 Å². The van der Waals surface area contributed by atoms with Gasteiger partial charge in [0.25, 0.3) is 0 Å². The van der Waals surface area contributed by atoms with Crippen LogP contribution >= 0.6 is 27.7 Å². The second kappa shape index (κ2) is 7.36. The molecule has 1 heterocycles. The summed E-state index contributed by atoms with van der Waals surface area (Å²) in [6.45, 7) is 0. The number of nitrogens with zero attached hydrogens (tertiary/aromatic N) is 1. The fourth-order valence-electron chi connectivity index (χ4n) is 2.02. The maximum absolute atomic E-state index is 9.38. The SMILES string of the molecule is N#C/C(=C/c1ccc(Sc2ccccc2)o1)c1ccc(Br)cc1. The van der Waals surface area contributed by atoms with Gasteiger partial charge in [0.1, 0.15) is 5.76 Å². The fourth-order valence-corrected chi connectivity index (χ4v) is 3.09. The highest BCUT2D eigenvalue weighted by Crippen LogP contribution is 2.30. The normalized spacial score (nSPS) is 11.2. The number of hydrogen-bond donors (Lipinski definition) is 0. The fraction of sp³-hybridized carbons (Fsp3) is 0. The monoisotopic (exact) mass is 381 g/mol. The van der Waals surface area contributed by atoms with E-state index < -0.39 is 0 Å². The van der Waals surface area contributed by atoms with Crippen molar-refractivity contribution in [2.45, 2.75) is 9.99 Å². The Bertz CT molecular complexity index is 860. The average molecular weight is 382 g/mol. The van der Waals surface area contributed by atoms with E-state index in [1.807, 2.05) is 66.7 Å². The van der Waals surface area contributed by atoms with E-state index in [0.717, 1.165) is 20.0 Å². The topological polar surface area (TPSA) is 36.9 Å². The van der Waals surface area contributed by atoms with Crippen LogP contribution < -0.4 is 0 Å². The van der Waals surface area contributed by atoms with Gasteiger partial charge >= 0.3 is 0 Å². The quantitative estimate of drug-likeness (QED) is 0.500. The van der Waals surface area contributed by atoms with E-state index in [9.17, 15) is 5.26 Å². The lowest BCUT2D eigenvalue weighted by atomic mass is 10.1. The average Bonchev–Trinajstić information content (AvgIpc) is 3.01. The minimum Gasteiger partial charge on any atom is -0.450 e. The summed E-state index contributed by atoms with van der Waals surface area (Å²) >= 11 is 4.95. The first-order valence-corrected chi connectivity index (χ1v) is 8.56. The predicted molar refractivity (Wildman–Crippen MR) is 96.9 cm³/mol. The summed E-state index contributed by atoms with van der Waals surface area (Å²) in [5, 5.41) is 10.2. The molecule has 23 heavy (non-hydrogen) atoms. The number of furan rings is 1. The summed E-state index contributed by atoms with van der Waals surface area (Å²) in [6, 6.07) is 23.7. The molecular weight excluding hydrogens is 370 g/mol. The van der Waals surface area contributed by atoms with Gasteiger partial charge in [-0.2, -0.15) is 5.26 Å². The molecular formula is C19H12BrNOS. The van der Waals surface area contributed by atoms with Gasteiger partial charge in [-0.3, -0.25) is 0 Å². The van der Waals surface area contributed by atoms with Crippen LogP contribution in [0.25, 0.3) is 11.6 Å². The van der Waals surface area contributed by atoms with Crippen LogP contribution in [0.15, 0.2) is 85.6 Å². The third kappa shape index (κ3) is 4.16. The molecule has 3 rings (SSSR count). The highest BCUT2D eigenvalue weighted by molar-refractivity contribution is 9.10. The van der Waals surface area contributed by atoms with Crippen LogP contribution in [0.3, 0.4) is 0 Å². The van der Waals surface area contributed by atoms with Gasteiger partial charge in [0.15, 0.2) is 5.09 Å². The largest absolute Gasteiger partial charge is 0.450 e. The Morgan fingerprint density at radius 2 is 1.74 bits per heavy atom. The molecule has 0 atom stereocenters. The van der Waals surface area contributed by atoms with Crippen LogP contribution in [0.4, 0.5) is 0 Å². The summed E-state index contributed by atoms with van der Waals surface area (Å²) in [6.07, 6.45) is 1.76. The van der Waals surface area contributed by atoms with E-state index in [-0.39, 0.29) is 0 Å². The van der Waals surface area contributed by atoms with E-state index in [4.69, 9.17) is 4.42 Å². The zero-order chi connectivity index (χ0) is 16.1. The standard InChI is InChI=1S/C19H12BrNOS/c20-16-8-6-14(7-9-16)15(13-21)12-17-10-11-19(22-17)23-18-4-2-1-3-5-18/h1-12H/b15-12-. The maximum Gasteiger partial charge on any atom is 0.165 e. The molecule has 0 spiro atoms. The highest BCUT2D eigenvalue weighted by Gasteiger charge is 2.06. The summed E-state index contributed by atoms with van der Waals surface area (Å²) in [5.41, 5.74) is 1.44. The Hall–Kier alpha value is -2.22. The zero-order valence-corrected chi connectivity index (χ0v) is 14.5. The molecule has 3 aromatic rings. The van der Waals surface area contributed by atoms with Crippen LogP contribution in [0.5, 0.6) is 0 Å². The molecule has 0 radical (unpaired) electrons. The van der Waals surface area contributed by atoms with Gasteiger partial charge in [-0.25, -0.2) is 0 Å². The van der Waals surface area contributed by atoms with Crippen molar-refractivity contribution < 1.29 is 4.42 Å². The second-order valence-electron chi connectivity index (χ2n) is 4.75. The van der Waals surface area contributed by atoms with E-state index in [2.05, 4.69) is 22.0 Å². The maximum atomic E-state index is 9.38. The summed E-state index contributed by atoms with van der Waals surface area (Å²) < 4.78 is 6.78. The summed E-state index contributed by atoms with van der Waals surface area (Å²) in [4.78, 5) is 1.12. The molecule has 0 fully saturated rings. The van der Waals surface area contributed by atoms with Gasteiger partial charge in [0.05, 0.1) is 11.6 Å². The Kier molecular flexibility index (Phi) is 5.02. The number of rotatable bonds is 4. The smallest absolute Gasteiger partial charge is 0.165 e. The molecule has 2 aromatic carbocycles. The number of halogens is 1. The first-order chi connectivity index (χ1) is 11.2. The molecule has 0 aliphatic heterocycles. The first-order valence-electron chi connectivity index (χ1n) is 6.95. The van der Waals surface area contributed by atoms with E-state index in [0.29, 0.717) is 11.3 Å². The minimum atomic E-state index is 0.572. The Balaban J connectivity index is 1.81. The van der Waals surface area contributed by atoms with E-state index >= 15 is 0 Å². The molecule has 0 bridgehead atoms. The van der Waals surface area contributed by atoms with Crippen LogP contribution in [0, 0.1) is 11.3 Å². The molecule has 4 heteroatoms. The molecule has 0 saturated heterocycles. The van der Waals surface area contributed by atoms with Crippen LogP contribution in [-0.2, 0) is 0 Å². The predicted octanol–water partition coefficient (Wildman–Crippen LogP) is 6.26. The summed E-state index contributed by atoms with van der Waals surface area (Å²) in [7, 11) is 0. The number of allylic oxidation sites excluding steroid dienone is 1. The highest BCUT2D eigenvalue weighted by atomic mass is 79.9. The lowest BCUT2D eigenvalue weighted by Crippen LogP contribution is -1.80. The van der Waals surface area contributed by atoms with Crippen molar-refractivity contribution in [1.82, 2.24) is 0 Å². The van der Waals surface area contributed by atoms with Gasteiger partial charge in [-0.15, -0.1) is 0 Å². The zero-order valence-electron chi connectivity index (χ0n) is 12.1. The minimum absolute atomic E-state index is 0.572. The lowest BCUT2D eigenvalue weighted by Gasteiger charge is -1.99. The Labute approximate surface area is 147 Å². The van der Waals surface area contributed by atoms with Crippen molar-refractivity contribution in [1.29, 1.82) is 5.26 Å². The van der Waals surface area contributed by atoms with Crippen LogP contribution in [0.1, 0.15) is 11.3 Å². The number of nitriles is 1. The van der Waals surface area contributed by atoms with Crippen molar-refractivity contribution in [2.75, 3.05) is 0 Å². The van der Waals surface area contributed by atoms with Gasteiger partial charge in [0.2, 0.25) is 0 Å². The molecule has 0 saturated carbocycles. The molecule has 0 amide bonds. The van der Waals surface area contributed by atoms with Crippen molar-refractivity contribution in [3.05, 3.63) is 82.5 Å². The van der Waals surface area contributed by atoms with Crippen LogP contribution in [0.2, 0.25) is 0 Å². The molecule has 112 valence electrons. The van der Waals surface area contributed by atoms with Gasteiger partial charge < -0.3 is 4.42 Å². The summed E-state index contributed by atoms with van der Waals surface area (Å²) in [5.74, 6) is 0.669. The Morgan fingerprint density at radius 1 is 1.00 bits per heavy atom. The van der Waals surface area contributed by atoms with Gasteiger partial charge in [-0.05, 0) is 48.0 Å². The van der Waals surface area contributed by atoms with E-state index in [1.165, 1.54) is 0 Å². The van der Waals surface area contributed by atoms with Crippen molar-refractivity contribution >= 4 is 39.3 Å². The molecule has 2 nitrogen and oxygen atoms in total. The molecule has 1 aromatic heterocycles. The molecule has 0 unspecified atom stereocenters. The van der Waals surface area contributed by atoms with Gasteiger partial charge in [0, 0.05) is 9.37 Å². The van der Waals surface area contributed by atoms with Crippen molar-refractivity contribution in [3.63, 3.8) is 0 Å². The number of hydrogen-bond acceptors (Lipinski definition) is 3. The van der Waals surface area contributed by atoms with Crippen molar-refractivity contribution in [2.24, 2.45) is 0 Å². The molecule has 0 aliphatic carbocycles. The van der Waals surface area contributed by atoms with Gasteiger partial charge in [-0.1, -0.05) is 58.0 Å². The third-order valence-electron chi connectivity index (χ3n) is 3.13. The van der Waals surface area contributed by atoms with Crippen LogP contribution in [-0.4, -0.2) is 0 Å². The molecule has 0 N–H and O–H groups in total. The third-order valence-corrected chi connectivity index (χ3v) is 4.58. The number of benzene rings is 2. The second-order valence-corrected chi connectivity index (χ2v) is 6.74. The lowest BCUT2D eigenvalue weighted by molar-refractivity contribution is 0.466. The van der Waals surface area contributed by atoms with E-state index in [1.54, 1.807) is 17.8 Å². The molecule has 0 aliphatic rings.